The molecule has 0 unspecified atom stereocenters. The molecule has 0 bridgehead atoms. The first-order valence-corrected chi connectivity index (χ1v) is 12.2. The molecule has 1 fully saturated rings. The van der Waals surface area contributed by atoms with Crippen LogP contribution in [0.2, 0.25) is 0 Å². The summed E-state index contributed by atoms with van der Waals surface area (Å²) in [6, 6.07) is 12.1. The molecule has 0 spiro atoms. The van der Waals surface area contributed by atoms with E-state index in [4.69, 9.17) is 4.74 Å². The molecule has 3 aromatic rings. The summed E-state index contributed by atoms with van der Waals surface area (Å²) < 4.78 is 74.6. The Morgan fingerprint density at radius 2 is 1.34 bits per heavy atom. The number of halogens is 5. The van der Waals surface area contributed by atoms with Crippen molar-refractivity contribution < 1.29 is 26.7 Å². The van der Waals surface area contributed by atoms with Gasteiger partial charge < -0.3 is 4.74 Å². The average Bonchev–Trinajstić information content (AvgIpc) is 2.85. The molecule has 0 amide bonds. The van der Waals surface area contributed by atoms with E-state index in [9.17, 15) is 22.0 Å². The quantitative estimate of drug-likeness (QED) is 0.228. The van der Waals surface area contributed by atoms with Gasteiger partial charge in [-0.1, -0.05) is 37.6 Å². The van der Waals surface area contributed by atoms with Crippen LogP contribution in [-0.2, 0) is 6.42 Å². The van der Waals surface area contributed by atoms with Crippen molar-refractivity contribution in [2.24, 2.45) is 5.92 Å². The summed E-state index contributed by atoms with van der Waals surface area (Å²) in [5.41, 5.74) is 2.66. The van der Waals surface area contributed by atoms with Crippen molar-refractivity contribution in [2.75, 3.05) is 6.61 Å². The largest absolute Gasteiger partial charge is 0.487 e. The van der Waals surface area contributed by atoms with Gasteiger partial charge in [0.15, 0.2) is 34.8 Å². The van der Waals surface area contributed by atoms with Gasteiger partial charge in [-0.3, -0.25) is 0 Å². The fourth-order valence-corrected chi connectivity index (χ4v) is 4.81. The highest BCUT2D eigenvalue weighted by Gasteiger charge is 2.24. The molecular formula is C29H29F5O. The third-order valence-electron chi connectivity index (χ3n) is 6.89. The number of benzene rings is 3. The molecule has 4 rings (SSSR count). The van der Waals surface area contributed by atoms with Gasteiger partial charge in [-0.15, -0.1) is 0 Å². The third kappa shape index (κ3) is 6.03. The van der Waals surface area contributed by atoms with Gasteiger partial charge in [0.25, 0.3) is 0 Å². The van der Waals surface area contributed by atoms with E-state index in [2.05, 4.69) is 0 Å². The normalized spacial score (nSPS) is 18.0. The zero-order valence-corrected chi connectivity index (χ0v) is 19.7. The summed E-state index contributed by atoms with van der Waals surface area (Å²) in [4.78, 5) is 0. The maximum atomic E-state index is 14.4. The molecule has 3 aromatic carbocycles. The third-order valence-corrected chi connectivity index (χ3v) is 6.89. The van der Waals surface area contributed by atoms with Crippen molar-refractivity contribution in [3.05, 3.63) is 88.7 Å². The highest BCUT2D eigenvalue weighted by Crippen LogP contribution is 2.37. The first-order chi connectivity index (χ1) is 16.9. The van der Waals surface area contributed by atoms with Crippen LogP contribution in [0.4, 0.5) is 22.0 Å². The van der Waals surface area contributed by atoms with E-state index in [0.717, 1.165) is 56.2 Å². The van der Waals surface area contributed by atoms with Crippen LogP contribution in [0.5, 0.6) is 5.75 Å². The van der Waals surface area contributed by atoms with E-state index in [1.54, 1.807) is 12.1 Å². The Balaban J connectivity index is 1.31. The van der Waals surface area contributed by atoms with Gasteiger partial charge in [0.1, 0.15) is 0 Å². The van der Waals surface area contributed by atoms with E-state index in [1.165, 1.54) is 12.1 Å². The molecule has 0 N–H and O–H groups in total. The predicted octanol–water partition coefficient (Wildman–Crippen LogP) is 8.74. The summed E-state index contributed by atoms with van der Waals surface area (Å²) >= 11 is 0. The highest BCUT2D eigenvalue weighted by molar-refractivity contribution is 5.64. The Morgan fingerprint density at radius 3 is 1.91 bits per heavy atom. The monoisotopic (exact) mass is 488 g/mol. The Labute approximate surface area is 202 Å². The molecular weight excluding hydrogens is 459 g/mol. The summed E-state index contributed by atoms with van der Waals surface area (Å²) in [6.07, 6.45) is 6.06. The number of aryl methyl sites for hydroxylation is 1. The van der Waals surface area contributed by atoms with Gasteiger partial charge >= 0.3 is 0 Å². The average molecular weight is 489 g/mol. The summed E-state index contributed by atoms with van der Waals surface area (Å²) in [6.45, 7) is 2.31. The fourth-order valence-electron chi connectivity index (χ4n) is 4.81. The zero-order chi connectivity index (χ0) is 24.9. The Bertz CT molecular complexity index is 1100. The molecule has 186 valence electrons. The molecule has 0 saturated heterocycles. The summed E-state index contributed by atoms with van der Waals surface area (Å²) in [7, 11) is 0. The molecule has 1 nitrogen and oxygen atoms in total. The topological polar surface area (TPSA) is 9.23 Å². The van der Waals surface area contributed by atoms with Crippen molar-refractivity contribution in [1.82, 2.24) is 0 Å². The molecule has 1 aliphatic carbocycles. The molecule has 35 heavy (non-hydrogen) atoms. The van der Waals surface area contributed by atoms with Crippen LogP contribution in [-0.4, -0.2) is 6.61 Å². The minimum absolute atomic E-state index is 0.217. The molecule has 0 heterocycles. The van der Waals surface area contributed by atoms with Gasteiger partial charge in [-0.2, -0.15) is 0 Å². The first-order valence-electron chi connectivity index (χ1n) is 12.2. The van der Waals surface area contributed by atoms with Crippen LogP contribution in [0.15, 0.2) is 48.5 Å². The second-order valence-electron chi connectivity index (χ2n) is 9.40. The van der Waals surface area contributed by atoms with Crippen molar-refractivity contribution >= 4 is 0 Å². The van der Waals surface area contributed by atoms with Gasteiger partial charge in [-0.05, 0) is 96.9 Å². The van der Waals surface area contributed by atoms with E-state index in [0.29, 0.717) is 23.5 Å². The molecule has 1 aliphatic rings. The van der Waals surface area contributed by atoms with Crippen LogP contribution in [0.1, 0.15) is 62.5 Å². The number of unbranched alkanes of at least 4 members (excludes halogenated alkanes) is 1. The van der Waals surface area contributed by atoms with Crippen molar-refractivity contribution in [3.63, 3.8) is 0 Å². The number of rotatable bonds is 8. The highest BCUT2D eigenvalue weighted by atomic mass is 19.2. The SMILES string of the molecule is CCCCc1cc(F)c(OCC2CCC(c3ccc(-c4cc(F)c(F)c(F)c4)cc3)CC2)c(F)c1. The predicted molar refractivity (Wildman–Crippen MR) is 127 cm³/mol. The number of hydrogen-bond donors (Lipinski definition) is 0. The Hall–Kier alpha value is -2.89. The summed E-state index contributed by atoms with van der Waals surface area (Å²) in [5, 5.41) is 0. The van der Waals surface area contributed by atoms with Gasteiger partial charge in [-0.25, -0.2) is 22.0 Å². The van der Waals surface area contributed by atoms with Crippen LogP contribution in [0, 0.1) is 35.0 Å². The molecule has 0 aliphatic heterocycles. The molecule has 6 heteroatoms. The lowest BCUT2D eigenvalue weighted by molar-refractivity contribution is 0.188. The van der Waals surface area contributed by atoms with Crippen LogP contribution < -0.4 is 4.74 Å². The summed E-state index contributed by atoms with van der Waals surface area (Å²) in [5.74, 6) is -4.94. The van der Waals surface area contributed by atoms with E-state index >= 15 is 0 Å². The first kappa shape index (κ1) is 25.2. The van der Waals surface area contributed by atoms with Crippen LogP contribution >= 0.6 is 0 Å². The van der Waals surface area contributed by atoms with Crippen molar-refractivity contribution in [1.29, 1.82) is 0 Å². The minimum Gasteiger partial charge on any atom is -0.487 e. The van der Waals surface area contributed by atoms with Gasteiger partial charge in [0.2, 0.25) is 0 Å². The van der Waals surface area contributed by atoms with E-state index < -0.39 is 29.1 Å². The number of hydrogen-bond acceptors (Lipinski definition) is 1. The fraction of sp³-hybridized carbons (Fsp3) is 0.379. The molecule has 0 aromatic heterocycles. The number of ether oxygens (including phenoxy) is 1. The second kappa shape index (κ2) is 11.2. The van der Waals surface area contributed by atoms with Gasteiger partial charge in [0, 0.05) is 0 Å². The lowest BCUT2D eigenvalue weighted by Gasteiger charge is -2.29. The zero-order valence-electron chi connectivity index (χ0n) is 19.7. The van der Waals surface area contributed by atoms with Crippen molar-refractivity contribution in [3.8, 4) is 16.9 Å². The van der Waals surface area contributed by atoms with E-state index in [-0.39, 0.29) is 23.8 Å². The van der Waals surface area contributed by atoms with Crippen molar-refractivity contribution in [2.45, 2.75) is 57.8 Å². The maximum Gasteiger partial charge on any atom is 0.194 e. The maximum absolute atomic E-state index is 14.4. The standard InChI is InChI=1S/C29H29F5O/c1-2-3-4-19-13-26(32)29(27(33)14-19)35-17-18-5-7-20(8-6-18)21-9-11-22(12-10-21)23-15-24(30)28(34)25(31)16-23/h9-16,18,20H,2-8,17H2,1H3. The lowest BCUT2D eigenvalue weighted by Crippen LogP contribution is -2.20. The van der Waals surface area contributed by atoms with Crippen LogP contribution in [0.3, 0.4) is 0 Å². The Kier molecular flexibility index (Phi) is 8.09. The minimum atomic E-state index is -1.47. The second-order valence-corrected chi connectivity index (χ2v) is 9.40. The molecule has 1 saturated carbocycles. The lowest BCUT2D eigenvalue weighted by atomic mass is 9.79. The molecule has 0 atom stereocenters. The van der Waals surface area contributed by atoms with E-state index in [1.807, 2.05) is 19.1 Å². The smallest absolute Gasteiger partial charge is 0.194 e. The van der Waals surface area contributed by atoms with Crippen LogP contribution in [0.25, 0.3) is 11.1 Å². The van der Waals surface area contributed by atoms with Gasteiger partial charge in [0.05, 0.1) is 6.61 Å². The molecule has 0 radical (unpaired) electrons. The Morgan fingerprint density at radius 1 is 0.743 bits per heavy atom.